The maximum Gasteiger partial charge on any atom is 0.432 e. The second-order valence-corrected chi connectivity index (χ2v) is 5.90. The molecule has 0 radical (unpaired) electrons. The first-order valence-corrected chi connectivity index (χ1v) is 7.63. The van der Waals surface area contributed by atoms with E-state index in [0.717, 1.165) is 24.6 Å². The molecule has 1 saturated heterocycles. The number of piperidine rings is 1. The number of aromatic nitrogens is 3. The van der Waals surface area contributed by atoms with Gasteiger partial charge in [0.25, 0.3) is 0 Å². The van der Waals surface area contributed by atoms with Crippen molar-refractivity contribution in [1.82, 2.24) is 15.0 Å². The van der Waals surface area contributed by atoms with Crippen LogP contribution in [0.15, 0.2) is 18.5 Å². The fourth-order valence-corrected chi connectivity index (χ4v) is 3.00. The first-order valence-electron chi connectivity index (χ1n) is 7.63. The maximum atomic E-state index is 12.7. The number of halogens is 3. The van der Waals surface area contributed by atoms with Crippen molar-refractivity contribution in [3.8, 4) is 6.07 Å². The van der Waals surface area contributed by atoms with E-state index in [0.29, 0.717) is 30.3 Å². The van der Waals surface area contributed by atoms with Crippen LogP contribution in [0.2, 0.25) is 0 Å². The fourth-order valence-electron chi connectivity index (χ4n) is 3.00. The van der Waals surface area contributed by atoms with Crippen molar-refractivity contribution in [3.05, 3.63) is 41.1 Å². The molecule has 2 aromatic heterocycles. The lowest BCUT2D eigenvalue weighted by Gasteiger charge is -2.33. The molecule has 0 saturated carbocycles. The zero-order valence-electron chi connectivity index (χ0n) is 13.1. The molecule has 0 amide bonds. The van der Waals surface area contributed by atoms with E-state index in [9.17, 15) is 18.4 Å². The minimum Gasteiger partial charge on any atom is -0.355 e. The Morgan fingerprint density at radius 3 is 2.83 bits per heavy atom. The summed E-state index contributed by atoms with van der Waals surface area (Å²) < 4.78 is 38.2. The number of nitrogens with zero attached hydrogens (tertiary/aromatic N) is 4. The van der Waals surface area contributed by atoms with Crippen LogP contribution in [0.25, 0.3) is 0 Å². The second-order valence-electron chi connectivity index (χ2n) is 5.90. The number of anilines is 1. The molecule has 2 aromatic rings. The van der Waals surface area contributed by atoms with Gasteiger partial charge in [-0.1, -0.05) is 0 Å². The smallest absolute Gasteiger partial charge is 0.355 e. The number of nitrogens with one attached hydrogen (secondary N) is 1. The van der Waals surface area contributed by atoms with Gasteiger partial charge in [0.15, 0.2) is 0 Å². The summed E-state index contributed by atoms with van der Waals surface area (Å²) in [6.45, 7) is 3.04. The van der Waals surface area contributed by atoms with Crippen molar-refractivity contribution < 1.29 is 13.2 Å². The van der Waals surface area contributed by atoms with Crippen molar-refractivity contribution in [2.45, 2.75) is 31.9 Å². The van der Waals surface area contributed by atoms with Crippen LogP contribution < -0.4 is 4.90 Å². The Morgan fingerprint density at radius 2 is 2.17 bits per heavy atom. The highest BCUT2D eigenvalue weighted by molar-refractivity contribution is 5.57. The van der Waals surface area contributed by atoms with Crippen LogP contribution in [0.4, 0.5) is 19.0 Å². The van der Waals surface area contributed by atoms with Gasteiger partial charge in [0.2, 0.25) is 0 Å². The summed E-state index contributed by atoms with van der Waals surface area (Å²) in [5.41, 5.74) is 0.511. The van der Waals surface area contributed by atoms with Crippen molar-refractivity contribution in [3.63, 3.8) is 0 Å². The molecule has 126 valence electrons. The molecule has 0 bridgehead atoms. The largest absolute Gasteiger partial charge is 0.432 e. The molecular weight excluding hydrogens is 319 g/mol. The van der Waals surface area contributed by atoms with Crippen LogP contribution in [0.5, 0.6) is 0 Å². The minimum absolute atomic E-state index is 0.149. The molecule has 5 nitrogen and oxygen atoms in total. The van der Waals surface area contributed by atoms with Gasteiger partial charge in [-0.2, -0.15) is 18.4 Å². The maximum absolute atomic E-state index is 12.7. The van der Waals surface area contributed by atoms with Gasteiger partial charge in [-0.05, 0) is 31.4 Å². The Bertz CT molecular complexity index is 775. The van der Waals surface area contributed by atoms with Gasteiger partial charge in [0.05, 0.1) is 11.8 Å². The fraction of sp³-hybridized carbons (Fsp3) is 0.438. The zero-order chi connectivity index (χ0) is 17.3. The zero-order valence-corrected chi connectivity index (χ0v) is 13.1. The van der Waals surface area contributed by atoms with Gasteiger partial charge >= 0.3 is 6.18 Å². The number of hydrogen-bond acceptors (Lipinski definition) is 4. The average Bonchev–Trinajstić information content (AvgIpc) is 3.05. The second kappa shape index (κ2) is 6.15. The molecule has 1 aliphatic rings. The molecule has 1 N–H and O–H groups in total. The molecule has 3 heterocycles. The summed E-state index contributed by atoms with van der Waals surface area (Å²) in [6, 6.07) is 3.93. The van der Waals surface area contributed by atoms with E-state index in [1.807, 2.05) is 11.8 Å². The number of rotatable bonds is 2. The number of aryl methyl sites for hydroxylation is 1. The van der Waals surface area contributed by atoms with Crippen LogP contribution >= 0.6 is 0 Å². The number of H-pyrrole nitrogens is 1. The minimum atomic E-state index is -4.42. The highest BCUT2D eigenvalue weighted by Crippen LogP contribution is 2.32. The number of hydrogen-bond donors (Lipinski definition) is 1. The Kier molecular flexibility index (Phi) is 4.18. The topological polar surface area (TPSA) is 68.6 Å². The third kappa shape index (κ3) is 3.07. The predicted octanol–water partition coefficient (Wildman–Crippen LogP) is 3.39. The third-order valence-electron chi connectivity index (χ3n) is 4.26. The molecule has 8 heteroatoms. The van der Waals surface area contributed by atoms with Gasteiger partial charge in [-0.25, -0.2) is 9.97 Å². The molecule has 24 heavy (non-hydrogen) atoms. The molecule has 0 aliphatic carbocycles. The lowest BCUT2D eigenvalue weighted by molar-refractivity contribution is -0.141. The van der Waals surface area contributed by atoms with Crippen molar-refractivity contribution in [2.75, 3.05) is 18.0 Å². The standard InChI is InChI=1S/C16H16F3N5/c1-10-4-5-21-15(12(10)7-20)24-6-2-3-11(9-24)14-22-8-13(23-14)16(17,18)19/h4-5,8,11H,2-3,6,9H2,1H3,(H,22,23). The predicted molar refractivity (Wildman–Crippen MR) is 81.5 cm³/mol. The Labute approximate surface area is 137 Å². The Hall–Kier alpha value is -2.56. The van der Waals surface area contributed by atoms with E-state index >= 15 is 0 Å². The lowest BCUT2D eigenvalue weighted by Crippen LogP contribution is -2.36. The summed E-state index contributed by atoms with van der Waals surface area (Å²) in [6.07, 6.45) is -0.405. The van der Waals surface area contributed by atoms with Crippen LogP contribution in [-0.4, -0.2) is 28.0 Å². The van der Waals surface area contributed by atoms with Gasteiger partial charge in [0.1, 0.15) is 23.4 Å². The molecule has 1 atom stereocenters. The molecule has 1 aliphatic heterocycles. The average molecular weight is 335 g/mol. The summed E-state index contributed by atoms with van der Waals surface area (Å²) in [7, 11) is 0. The van der Waals surface area contributed by atoms with Crippen LogP contribution in [0, 0.1) is 18.3 Å². The van der Waals surface area contributed by atoms with E-state index < -0.39 is 11.9 Å². The molecule has 1 unspecified atom stereocenters. The normalized spacial score (nSPS) is 18.5. The number of nitriles is 1. The lowest BCUT2D eigenvalue weighted by atomic mass is 9.96. The summed E-state index contributed by atoms with van der Waals surface area (Å²) in [5, 5.41) is 9.35. The summed E-state index contributed by atoms with van der Waals surface area (Å²) >= 11 is 0. The van der Waals surface area contributed by atoms with Gasteiger partial charge < -0.3 is 9.88 Å². The number of aromatic amines is 1. The van der Waals surface area contributed by atoms with Gasteiger partial charge in [-0.15, -0.1) is 0 Å². The quantitative estimate of drug-likeness (QED) is 0.913. The first-order chi connectivity index (χ1) is 11.4. The third-order valence-corrected chi connectivity index (χ3v) is 4.26. The molecule has 0 aromatic carbocycles. The van der Waals surface area contributed by atoms with Crippen LogP contribution in [0.1, 0.15) is 41.4 Å². The van der Waals surface area contributed by atoms with E-state index in [1.165, 1.54) is 0 Å². The highest BCUT2D eigenvalue weighted by atomic mass is 19.4. The number of imidazole rings is 1. The van der Waals surface area contributed by atoms with Crippen molar-refractivity contribution in [2.24, 2.45) is 0 Å². The Morgan fingerprint density at radius 1 is 1.38 bits per heavy atom. The molecule has 1 fully saturated rings. The van der Waals surface area contributed by atoms with Crippen molar-refractivity contribution >= 4 is 5.82 Å². The van der Waals surface area contributed by atoms with E-state index in [2.05, 4.69) is 21.0 Å². The van der Waals surface area contributed by atoms with Crippen LogP contribution in [-0.2, 0) is 6.18 Å². The molecule has 0 spiro atoms. The summed E-state index contributed by atoms with van der Waals surface area (Å²) in [4.78, 5) is 12.5. The highest BCUT2D eigenvalue weighted by Gasteiger charge is 2.34. The number of alkyl halides is 3. The molecular formula is C16H16F3N5. The first kappa shape index (κ1) is 16.3. The molecule has 3 rings (SSSR count). The van der Waals surface area contributed by atoms with Gasteiger partial charge in [-0.3, -0.25) is 0 Å². The van der Waals surface area contributed by atoms with Crippen LogP contribution in [0.3, 0.4) is 0 Å². The van der Waals surface area contributed by atoms with E-state index in [1.54, 1.807) is 12.3 Å². The summed E-state index contributed by atoms with van der Waals surface area (Å²) in [5.74, 6) is 0.770. The van der Waals surface area contributed by atoms with Crippen molar-refractivity contribution in [1.29, 1.82) is 5.26 Å². The Balaban J connectivity index is 1.84. The van der Waals surface area contributed by atoms with Gasteiger partial charge in [0, 0.05) is 25.2 Å². The van der Waals surface area contributed by atoms with E-state index in [-0.39, 0.29) is 5.92 Å². The number of pyridine rings is 1. The SMILES string of the molecule is Cc1ccnc(N2CCCC(c3ncc(C(F)(F)F)[nH]3)C2)c1C#N. The van der Waals surface area contributed by atoms with E-state index in [4.69, 9.17) is 0 Å². The monoisotopic (exact) mass is 335 g/mol.